The zero-order valence-corrected chi connectivity index (χ0v) is 13.2. The number of rotatable bonds is 5. The Bertz CT molecular complexity index is 593. The molecule has 1 aromatic carbocycles. The number of aromatic nitrogens is 1. The highest BCUT2D eigenvalue weighted by Gasteiger charge is 2.24. The van der Waals surface area contributed by atoms with E-state index in [0.717, 1.165) is 31.1 Å². The third-order valence-electron chi connectivity index (χ3n) is 4.27. The van der Waals surface area contributed by atoms with Gasteiger partial charge in [-0.05, 0) is 54.3 Å². The Hall–Kier alpha value is -2.07. The number of ether oxygens (including phenoxy) is 2. The summed E-state index contributed by atoms with van der Waals surface area (Å²) in [6.07, 6.45) is 4.88. The number of hydrogen-bond acceptors (Lipinski definition) is 4. The van der Waals surface area contributed by atoms with Crippen molar-refractivity contribution in [1.29, 1.82) is 0 Å². The molecule has 1 aliphatic rings. The lowest BCUT2D eigenvalue weighted by Crippen LogP contribution is -2.19. The van der Waals surface area contributed by atoms with Gasteiger partial charge in [0.1, 0.15) is 11.5 Å². The highest BCUT2D eigenvalue weighted by atomic mass is 16.5. The van der Waals surface area contributed by atoms with Gasteiger partial charge >= 0.3 is 0 Å². The van der Waals surface area contributed by atoms with Gasteiger partial charge < -0.3 is 9.47 Å². The molecule has 4 nitrogen and oxygen atoms in total. The zero-order valence-electron chi connectivity index (χ0n) is 13.2. The van der Waals surface area contributed by atoms with Crippen LogP contribution in [0, 0.1) is 0 Å². The van der Waals surface area contributed by atoms with Gasteiger partial charge in [0.25, 0.3) is 0 Å². The van der Waals surface area contributed by atoms with E-state index in [0.29, 0.717) is 5.92 Å². The molecule has 116 valence electrons. The third-order valence-corrected chi connectivity index (χ3v) is 4.27. The Morgan fingerprint density at radius 2 is 1.77 bits per heavy atom. The van der Waals surface area contributed by atoms with Crippen molar-refractivity contribution in [3.8, 4) is 11.5 Å². The first kappa shape index (κ1) is 14.9. The van der Waals surface area contributed by atoms with Crippen molar-refractivity contribution in [2.24, 2.45) is 0 Å². The van der Waals surface area contributed by atoms with Crippen LogP contribution in [0.3, 0.4) is 0 Å². The van der Waals surface area contributed by atoms with Crippen LogP contribution >= 0.6 is 0 Å². The van der Waals surface area contributed by atoms with Crippen LogP contribution in [0.2, 0.25) is 0 Å². The first-order valence-corrected chi connectivity index (χ1v) is 7.62. The van der Waals surface area contributed by atoms with Crippen molar-refractivity contribution < 1.29 is 9.47 Å². The van der Waals surface area contributed by atoms with Crippen LogP contribution in [-0.4, -0.2) is 37.2 Å². The molecule has 1 saturated heterocycles. The van der Waals surface area contributed by atoms with Crippen LogP contribution in [0.4, 0.5) is 0 Å². The molecule has 0 N–H and O–H groups in total. The molecule has 1 atom stereocenters. The predicted octanol–water partition coefficient (Wildman–Crippen LogP) is 3.09. The van der Waals surface area contributed by atoms with Crippen molar-refractivity contribution in [1.82, 2.24) is 9.88 Å². The highest BCUT2D eigenvalue weighted by molar-refractivity contribution is 5.40. The number of pyridine rings is 1. The van der Waals surface area contributed by atoms with Crippen molar-refractivity contribution in [2.45, 2.75) is 18.9 Å². The summed E-state index contributed by atoms with van der Waals surface area (Å²) < 4.78 is 10.8. The van der Waals surface area contributed by atoms with Gasteiger partial charge in [-0.1, -0.05) is 0 Å². The molecule has 3 rings (SSSR count). The molecule has 0 saturated carbocycles. The maximum absolute atomic E-state index is 5.38. The third kappa shape index (κ3) is 3.39. The molecule has 0 unspecified atom stereocenters. The lowest BCUT2D eigenvalue weighted by Gasteiger charge is -2.17. The summed E-state index contributed by atoms with van der Waals surface area (Å²) in [6.45, 7) is 3.17. The minimum atomic E-state index is 0.533. The monoisotopic (exact) mass is 298 g/mol. The Morgan fingerprint density at radius 1 is 1.09 bits per heavy atom. The van der Waals surface area contributed by atoms with Crippen molar-refractivity contribution in [3.63, 3.8) is 0 Å². The van der Waals surface area contributed by atoms with Crippen molar-refractivity contribution >= 4 is 0 Å². The number of likely N-dealkylation sites (tertiary alicyclic amines) is 1. The number of nitrogens with zero attached hydrogens (tertiary/aromatic N) is 2. The maximum Gasteiger partial charge on any atom is 0.122 e. The van der Waals surface area contributed by atoms with Gasteiger partial charge in [0.2, 0.25) is 0 Å². The molecule has 4 heteroatoms. The summed E-state index contributed by atoms with van der Waals surface area (Å²) in [7, 11) is 3.39. The molecule has 0 spiro atoms. The summed E-state index contributed by atoms with van der Waals surface area (Å²) in [6, 6.07) is 10.4. The SMILES string of the molecule is COc1cc(OC)cc([C@@H]2CCN(Cc3ccncc3)C2)c1. The van der Waals surface area contributed by atoms with Crippen molar-refractivity contribution in [2.75, 3.05) is 27.3 Å². The molecule has 1 aromatic heterocycles. The number of benzene rings is 1. The molecule has 0 radical (unpaired) electrons. The van der Waals surface area contributed by atoms with E-state index in [1.54, 1.807) is 14.2 Å². The second kappa shape index (κ2) is 6.79. The molecule has 0 aliphatic carbocycles. The average Bonchev–Trinajstić information content (AvgIpc) is 3.03. The van der Waals surface area contributed by atoms with E-state index in [-0.39, 0.29) is 0 Å². The van der Waals surface area contributed by atoms with Crippen LogP contribution in [-0.2, 0) is 6.54 Å². The van der Waals surface area contributed by atoms with E-state index >= 15 is 0 Å². The fourth-order valence-corrected chi connectivity index (χ4v) is 3.06. The Kier molecular flexibility index (Phi) is 4.59. The zero-order chi connectivity index (χ0) is 15.4. The second-order valence-electron chi connectivity index (χ2n) is 5.72. The molecule has 1 aliphatic heterocycles. The maximum atomic E-state index is 5.38. The quantitative estimate of drug-likeness (QED) is 0.849. The molecule has 2 aromatic rings. The van der Waals surface area contributed by atoms with Crippen LogP contribution in [0.25, 0.3) is 0 Å². The summed E-state index contributed by atoms with van der Waals surface area (Å²) in [4.78, 5) is 6.57. The summed E-state index contributed by atoms with van der Waals surface area (Å²) in [5, 5.41) is 0. The van der Waals surface area contributed by atoms with Gasteiger partial charge in [0, 0.05) is 31.5 Å². The highest BCUT2D eigenvalue weighted by Crippen LogP contribution is 2.33. The lowest BCUT2D eigenvalue weighted by atomic mass is 9.98. The number of methoxy groups -OCH3 is 2. The van der Waals surface area contributed by atoms with Crippen LogP contribution < -0.4 is 9.47 Å². The largest absolute Gasteiger partial charge is 0.497 e. The molecular weight excluding hydrogens is 276 g/mol. The van der Waals surface area contributed by atoms with E-state index in [1.165, 1.54) is 17.5 Å². The van der Waals surface area contributed by atoms with Gasteiger partial charge in [-0.3, -0.25) is 9.88 Å². The molecular formula is C18H22N2O2. The van der Waals surface area contributed by atoms with E-state index in [2.05, 4.69) is 34.1 Å². The normalized spacial score (nSPS) is 18.4. The summed E-state index contributed by atoms with van der Waals surface area (Å²) in [5.74, 6) is 2.26. The van der Waals surface area contributed by atoms with E-state index in [1.807, 2.05) is 18.5 Å². The molecule has 2 heterocycles. The topological polar surface area (TPSA) is 34.6 Å². The standard InChI is InChI=1S/C18H22N2O2/c1-21-17-9-16(10-18(11-17)22-2)15-5-8-20(13-15)12-14-3-6-19-7-4-14/h3-4,6-7,9-11,15H,5,8,12-13H2,1-2H3/t15-/m1/s1. The smallest absolute Gasteiger partial charge is 0.122 e. The van der Waals surface area contributed by atoms with Crippen LogP contribution in [0.1, 0.15) is 23.5 Å². The fourth-order valence-electron chi connectivity index (χ4n) is 3.06. The Balaban J connectivity index is 1.69. The van der Waals surface area contributed by atoms with Gasteiger partial charge in [-0.2, -0.15) is 0 Å². The molecule has 0 bridgehead atoms. The van der Waals surface area contributed by atoms with E-state index < -0.39 is 0 Å². The first-order chi connectivity index (χ1) is 10.8. The van der Waals surface area contributed by atoms with Gasteiger partial charge in [0.05, 0.1) is 14.2 Å². The van der Waals surface area contributed by atoms with Gasteiger partial charge in [-0.15, -0.1) is 0 Å². The van der Waals surface area contributed by atoms with Gasteiger partial charge in [-0.25, -0.2) is 0 Å². The van der Waals surface area contributed by atoms with Crippen molar-refractivity contribution in [3.05, 3.63) is 53.9 Å². The predicted molar refractivity (Wildman–Crippen MR) is 86.4 cm³/mol. The van der Waals surface area contributed by atoms with E-state index in [9.17, 15) is 0 Å². The Labute approximate surface area is 131 Å². The lowest BCUT2D eigenvalue weighted by molar-refractivity contribution is 0.326. The number of hydrogen-bond donors (Lipinski definition) is 0. The Morgan fingerprint density at radius 3 is 2.41 bits per heavy atom. The minimum absolute atomic E-state index is 0.533. The minimum Gasteiger partial charge on any atom is -0.497 e. The van der Waals surface area contributed by atoms with Gasteiger partial charge in [0.15, 0.2) is 0 Å². The summed E-state index contributed by atoms with van der Waals surface area (Å²) in [5.41, 5.74) is 2.62. The summed E-state index contributed by atoms with van der Waals surface area (Å²) >= 11 is 0. The van der Waals surface area contributed by atoms with Crippen LogP contribution in [0.5, 0.6) is 11.5 Å². The fraction of sp³-hybridized carbons (Fsp3) is 0.389. The first-order valence-electron chi connectivity index (χ1n) is 7.62. The second-order valence-corrected chi connectivity index (χ2v) is 5.72. The average molecular weight is 298 g/mol. The molecule has 0 amide bonds. The molecule has 22 heavy (non-hydrogen) atoms. The van der Waals surface area contributed by atoms with Crippen LogP contribution in [0.15, 0.2) is 42.7 Å². The molecule has 1 fully saturated rings. The van der Waals surface area contributed by atoms with E-state index in [4.69, 9.17) is 9.47 Å².